The first kappa shape index (κ1) is 13.9. The van der Waals surface area contributed by atoms with Crippen LogP contribution in [-0.2, 0) is 0 Å². The molecular weight excluding hydrogens is 302 g/mol. The van der Waals surface area contributed by atoms with Gasteiger partial charge in [0.15, 0.2) is 0 Å². The van der Waals surface area contributed by atoms with Crippen LogP contribution in [0.5, 0.6) is 5.75 Å². The van der Waals surface area contributed by atoms with E-state index >= 15 is 0 Å². The van der Waals surface area contributed by atoms with Crippen LogP contribution < -0.4 is 4.90 Å². The molecule has 1 unspecified atom stereocenters. The van der Waals surface area contributed by atoms with Gasteiger partial charge in [0.25, 0.3) is 0 Å². The Kier molecular flexibility index (Phi) is 4.15. The highest BCUT2D eigenvalue weighted by Gasteiger charge is 2.16. The Morgan fingerprint density at radius 1 is 1.11 bits per heavy atom. The third kappa shape index (κ3) is 3.10. The van der Waals surface area contributed by atoms with Crippen LogP contribution in [0.25, 0.3) is 0 Å². The molecule has 0 saturated heterocycles. The van der Waals surface area contributed by atoms with Gasteiger partial charge in [-0.3, -0.25) is 0 Å². The van der Waals surface area contributed by atoms with Crippen molar-refractivity contribution in [3.63, 3.8) is 0 Å². The normalized spacial score (nSPS) is 12.2. The summed E-state index contributed by atoms with van der Waals surface area (Å²) in [6.07, 6.45) is 0. The molecule has 0 spiro atoms. The maximum Gasteiger partial charge on any atom is 0.120 e. The minimum Gasteiger partial charge on any atom is -0.508 e. The largest absolute Gasteiger partial charge is 0.508 e. The highest BCUT2D eigenvalue weighted by Crippen LogP contribution is 2.32. The molecule has 0 aliphatic rings. The summed E-state index contributed by atoms with van der Waals surface area (Å²) in [4.78, 5) is 2.15. The van der Waals surface area contributed by atoms with Crippen LogP contribution in [0.3, 0.4) is 0 Å². The van der Waals surface area contributed by atoms with E-state index in [1.54, 1.807) is 6.07 Å². The van der Waals surface area contributed by atoms with Crippen LogP contribution in [0.2, 0.25) is 0 Å². The van der Waals surface area contributed by atoms with E-state index in [2.05, 4.69) is 58.9 Å². The van der Waals surface area contributed by atoms with Crippen molar-refractivity contribution in [3.8, 4) is 5.75 Å². The van der Waals surface area contributed by atoms with Crippen molar-refractivity contribution >= 4 is 21.6 Å². The van der Waals surface area contributed by atoms with E-state index < -0.39 is 0 Å². The van der Waals surface area contributed by atoms with Crippen LogP contribution in [0.15, 0.2) is 46.9 Å². The Labute approximate surface area is 122 Å². The van der Waals surface area contributed by atoms with Gasteiger partial charge in [-0.2, -0.15) is 0 Å². The third-order valence-electron chi connectivity index (χ3n) is 3.46. The van der Waals surface area contributed by atoms with Gasteiger partial charge in [-0.15, -0.1) is 0 Å². The van der Waals surface area contributed by atoms with Crippen molar-refractivity contribution in [1.82, 2.24) is 0 Å². The van der Waals surface area contributed by atoms with E-state index in [1.165, 1.54) is 5.56 Å². The molecule has 2 aromatic carbocycles. The average molecular weight is 320 g/mol. The minimum atomic E-state index is 0.0974. The van der Waals surface area contributed by atoms with Gasteiger partial charge in [0.2, 0.25) is 0 Å². The molecule has 2 aromatic rings. The van der Waals surface area contributed by atoms with Crippen LogP contribution in [0.4, 0.5) is 5.69 Å². The number of rotatable bonds is 3. The first-order valence-electron chi connectivity index (χ1n) is 6.27. The van der Waals surface area contributed by atoms with Crippen LogP contribution in [0, 0.1) is 6.92 Å². The summed E-state index contributed by atoms with van der Waals surface area (Å²) in [5, 5.41) is 10.00. The number of hydrogen-bond donors (Lipinski definition) is 1. The number of phenols is 1. The molecule has 0 aliphatic heterocycles. The first-order chi connectivity index (χ1) is 8.99. The number of anilines is 1. The van der Waals surface area contributed by atoms with Crippen LogP contribution >= 0.6 is 15.9 Å². The van der Waals surface area contributed by atoms with Crippen molar-refractivity contribution in [2.24, 2.45) is 0 Å². The van der Waals surface area contributed by atoms with E-state index in [0.29, 0.717) is 5.75 Å². The summed E-state index contributed by atoms with van der Waals surface area (Å²) in [6.45, 7) is 4.16. The summed E-state index contributed by atoms with van der Waals surface area (Å²) >= 11 is 3.45. The molecule has 0 saturated carbocycles. The molecule has 19 heavy (non-hydrogen) atoms. The summed E-state index contributed by atoms with van der Waals surface area (Å²) in [7, 11) is 2.04. The number of halogens is 1. The average Bonchev–Trinajstić information content (AvgIpc) is 2.41. The van der Waals surface area contributed by atoms with Gasteiger partial charge in [-0.1, -0.05) is 33.6 Å². The summed E-state index contributed by atoms with van der Waals surface area (Å²) in [5.74, 6) is 0.328. The number of benzene rings is 2. The zero-order valence-corrected chi connectivity index (χ0v) is 13.0. The van der Waals surface area contributed by atoms with Crippen molar-refractivity contribution < 1.29 is 5.11 Å². The number of aromatic hydroxyl groups is 1. The molecule has 2 nitrogen and oxygen atoms in total. The lowest BCUT2D eigenvalue weighted by Crippen LogP contribution is -2.21. The summed E-state index contributed by atoms with van der Waals surface area (Å²) in [5.41, 5.74) is 3.30. The maximum absolute atomic E-state index is 10.00. The molecule has 1 atom stereocenters. The number of phenolic OH excluding ortho intramolecular Hbond substituents is 1. The standard InChI is InChI=1S/C16H18BrNO/c1-11-4-7-14(8-5-11)18(3)12(2)15-10-13(17)6-9-16(15)19/h4-10,12,19H,1-3H3. The maximum atomic E-state index is 10.00. The fourth-order valence-electron chi connectivity index (χ4n) is 2.07. The van der Waals surface area contributed by atoms with E-state index in [9.17, 15) is 5.11 Å². The lowest BCUT2D eigenvalue weighted by Gasteiger charge is -2.28. The molecular formula is C16H18BrNO. The summed E-state index contributed by atoms with van der Waals surface area (Å²) in [6, 6.07) is 14.0. The molecule has 0 bridgehead atoms. The molecule has 0 fully saturated rings. The number of nitrogens with zero attached hydrogens (tertiary/aromatic N) is 1. The van der Waals surface area contributed by atoms with Crippen molar-refractivity contribution in [2.75, 3.05) is 11.9 Å². The molecule has 2 rings (SSSR count). The molecule has 0 aromatic heterocycles. The molecule has 0 radical (unpaired) electrons. The highest BCUT2D eigenvalue weighted by atomic mass is 79.9. The zero-order valence-electron chi connectivity index (χ0n) is 11.4. The van der Waals surface area contributed by atoms with Crippen molar-refractivity contribution in [2.45, 2.75) is 19.9 Å². The van der Waals surface area contributed by atoms with E-state index in [-0.39, 0.29) is 6.04 Å². The lowest BCUT2D eigenvalue weighted by molar-refractivity contribution is 0.462. The zero-order chi connectivity index (χ0) is 14.0. The minimum absolute atomic E-state index is 0.0974. The highest BCUT2D eigenvalue weighted by molar-refractivity contribution is 9.10. The predicted octanol–water partition coefficient (Wildman–Crippen LogP) is 4.66. The smallest absolute Gasteiger partial charge is 0.120 e. The molecule has 3 heteroatoms. The Bertz CT molecular complexity index is 565. The summed E-state index contributed by atoms with van der Waals surface area (Å²) < 4.78 is 0.976. The second-order valence-electron chi connectivity index (χ2n) is 4.83. The van der Waals surface area contributed by atoms with Gasteiger partial charge in [0.1, 0.15) is 5.75 Å². The Morgan fingerprint density at radius 3 is 2.37 bits per heavy atom. The fraction of sp³-hybridized carbons (Fsp3) is 0.250. The van der Waals surface area contributed by atoms with E-state index in [0.717, 1.165) is 15.7 Å². The Morgan fingerprint density at radius 2 is 1.74 bits per heavy atom. The predicted molar refractivity (Wildman–Crippen MR) is 83.8 cm³/mol. The molecule has 100 valence electrons. The van der Waals surface area contributed by atoms with Gasteiger partial charge in [-0.05, 0) is 44.2 Å². The second kappa shape index (κ2) is 5.66. The van der Waals surface area contributed by atoms with Gasteiger partial charge in [0.05, 0.1) is 6.04 Å². The topological polar surface area (TPSA) is 23.5 Å². The van der Waals surface area contributed by atoms with E-state index in [1.807, 2.05) is 19.2 Å². The first-order valence-corrected chi connectivity index (χ1v) is 7.06. The number of aryl methyl sites for hydroxylation is 1. The van der Waals surface area contributed by atoms with Crippen LogP contribution in [-0.4, -0.2) is 12.2 Å². The lowest BCUT2D eigenvalue weighted by atomic mass is 10.1. The number of hydrogen-bond acceptors (Lipinski definition) is 2. The fourth-order valence-corrected chi connectivity index (χ4v) is 2.45. The van der Waals surface area contributed by atoms with Crippen molar-refractivity contribution in [3.05, 3.63) is 58.1 Å². The van der Waals surface area contributed by atoms with Gasteiger partial charge in [0, 0.05) is 22.8 Å². The molecule has 0 heterocycles. The van der Waals surface area contributed by atoms with Crippen molar-refractivity contribution in [1.29, 1.82) is 0 Å². The monoisotopic (exact) mass is 319 g/mol. The third-order valence-corrected chi connectivity index (χ3v) is 3.96. The quantitative estimate of drug-likeness (QED) is 0.889. The molecule has 0 aliphatic carbocycles. The van der Waals surface area contributed by atoms with E-state index in [4.69, 9.17) is 0 Å². The SMILES string of the molecule is Cc1ccc(N(C)C(C)c2cc(Br)ccc2O)cc1. The molecule has 0 amide bonds. The Hall–Kier alpha value is -1.48. The second-order valence-corrected chi connectivity index (χ2v) is 5.74. The van der Waals surface area contributed by atoms with Crippen LogP contribution in [0.1, 0.15) is 24.1 Å². The van der Waals surface area contributed by atoms with Gasteiger partial charge < -0.3 is 10.0 Å². The Balaban J connectivity index is 2.30. The van der Waals surface area contributed by atoms with Gasteiger partial charge in [-0.25, -0.2) is 0 Å². The van der Waals surface area contributed by atoms with Gasteiger partial charge >= 0.3 is 0 Å². The molecule has 1 N–H and O–H groups in total.